The Labute approximate surface area is 116 Å². The Morgan fingerprint density at radius 2 is 2.11 bits per heavy atom. The van der Waals surface area contributed by atoms with Crippen LogP contribution in [-0.4, -0.2) is 47.7 Å². The zero-order valence-corrected chi connectivity index (χ0v) is 12.4. The monoisotopic (exact) mass is 263 g/mol. The molecule has 1 unspecified atom stereocenters. The lowest BCUT2D eigenvalue weighted by Crippen LogP contribution is -2.50. The molecule has 1 aromatic heterocycles. The molecule has 2 heterocycles. The summed E-state index contributed by atoms with van der Waals surface area (Å²) < 4.78 is 0. The molecule has 0 aliphatic carbocycles. The van der Waals surface area contributed by atoms with Crippen molar-refractivity contribution in [2.45, 2.75) is 39.3 Å². The summed E-state index contributed by atoms with van der Waals surface area (Å²) in [6.45, 7) is 9.71. The van der Waals surface area contributed by atoms with E-state index in [1.807, 2.05) is 12.1 Å². The van der Waals surface area contributed by atoms with E-state index in [0.717, 1.165) is 36.7 Å². The van der Waals surface area contributed by atoms with Gasteiger partial charge in [-0.3, -0.25) is 0 Å². The van der Waals surface area contributed by atoms with Crippen LogP contribution in [0, 0.1) is 0 Å². The van der Waals surface area contributed by atoms with E-state index in [1.54, 1.807) is 0 Å². The van der Waals surface area contributed by atoms with Gasteiger partial charge in [0.1, 0.15) is 5.82 Å². The van der Waals surface area contributed by atoms with Gasteiger partial charge in [-0.1, -0.05) is 13.8 Å². The van der Waals surface area contributed by atoms with Crippen LogP contribution in [-0.2, 0) is 6.61 Å². The molecule has 1 aromatic rings. The summed E-state index contributed by atoms with van der Waals surface area (Å²) in [4.78, 5) is 9.48. The third-order valence-electron chi connectivity index (χ3n) is 3.79. The molecule has 0 bridgehead atoms. The standard InChI is InChI=1S/C15H25N3O/c1-11(2)14-7-13(10-19)8-15(16-14)18-6-5-17(4)9-12(18)3/h7-8,11-12,19H,5-6,9-10H2,1-4H3. The van der Waals surface area contributed by atoms with E-state index in [9.17, 15) is 5.11 Å². The fraction of sp³-hybridized carbons (Fsp3) is 0.667. The lowest BCUT2D eigenvalue weighted by molar-refractivity contribution is 0.273. The number of piperazine rings is 1. The second kappa shape index (κ2) is 5.88. The first-order chi connectivity index (χ1) is 9.01. The Balaban J connectivity index is 2.30. The lowest BCUT2D eigenvalue weighted by atomic mass is 10.1. The highest BCUT2D eigenvalue weighted by Gasteiger charge is 2.23. The largest absolute Gasteiger partial charge is 0.392 e. The van der Waals surface area contributed by atoms with Crippen molar-refractivity contribution in [1.29, 1.82) is 0 Å². The first-order valence-corrected chi connectivity index (χ1v) is 7.08. The molecule has 2 rings (SSSR count). The summed E-state index contributed by atoms with van der Waals surface area (Å²) in [5, 5.41) is 9.42. The third kappa shape index (κ3) is 3.25. The molecule has 0 aromatic carbocycles. The van der Waals surface area contributed by atoms with E-state index in [4.69, 9.17) is 4.98 Å². The summed E-state index contributed by atoms with van der Waals surface area (Å²) in [6, 6.07) is 4.49. The van der Waals surface area contributed by atoms with Crippen molar-refractivity contribution >= 4 is 5.82 Å². The van der Waals surface area contributed by atoms with E-state index in [2.05, 4.69) is 37.6 Å². The maximum atomic E-state index is 9.42. The Bertz CT molecular complexity index is 433. The maximum absolute atomic E-state index is 9.42. The molecule has 1 aliphatic rings. The van der Waals surface area contributed by atoms with Crippen molar-refractivity contribution in [3.8, 4) is 0 Å². The summed E-state index contributed by atoms with van der Waals surface area (Å²) >= 11 is 0. The van der Waals surface area contributed by atoms with Gasteiger partial charge in [-0.05, 0) is 37.6 Å². The quantitative estimate of drug-likeness (QED) is 0.903. The number of nitrogens with zero attached hydrogens (tertiary/aromatic N) is 3. The van der Waals surface area contributed by atoms with Crippen LogP contribution < -0.4 is 4.90 Å². The molecular weight excluding hydrogens is 238 g/mol. The predicted molar refractivity (Wildman–Crippen MR) is 78.6 cm³/mol. The fourth-order valence-electron chi connectivity index (χ4n) is 2.61. The van der Waals surface area contributed by atoms with Crippen LogP contribution in [0.1, 0.15) is 37.9 Å². The summed E-state index contributed by atoms with van der Waals surface area (Å²) in [5.74, 6) is 1.39. The SMILES string of the molecule is CC(C)c1cc(CO)cc(N2CCN(C)CC2C)n1. The van der Waals surface area contributed by atoms with Crippen molar-refractivity contribution in [3.63, 3.8) is 0 Å². The van der Waals surface area contributed by atoms with E-state index in [-0.39, 0.29) is 6.61 Å². The minimum atomic E-state index is 0.0807. The minimum Gasteiger partial charge on any atom is -0.392 e. The van der Waals surface area contributed by atoms with Gasteiger partial charge in [-0.2, -0.15) is 0 Å². The van der Waals surface area contributed by atoms with Gasteiger partial charge in [-0.15, -0.1) is 0 Å². The number of hydrogen-bond donors (Lipinski definition) is 1. The molecule has 19 heavy (non-hydrogen) atoms. The van der Waals surface area contributed by atoms with Crippen molar-refractivity contribution in [1.82, 2.24) is 9.88 Å². The smallest absolute Gasteiger partial charge is 0.129 e. The highest BCUT2D eigenvalue weighted by molar-refractivity contribution is 5.44. The molecule has 106 valence electrons. The number of anilines is 1. The van der Waals surface area contributed by atoms with Crippen LogP contribution >= 0.6 is 0 Å². The molecule has 0 amide bonds. The van der Waals surface area contributed by atoms with Crippen molar-refractivity contribution in [2.75, 3.05) is 31.6 Å². The molecule has 1 saturated heterocycles. The van der Waals surface area contributed by atoms with Crippen LogP contribution in [0.3, 0.4) is 0 Å². The first kappa shape index (κ1) is 14.3. The van der Waals surface area contributed by atoms with Crippen molar-refractivity contribution in [2.24, 2.45) is 0 Å². The Kier molecular flexibility index (Phi) is 4.42. The number of pyridine rings is 1. The molecule has 4 heteroatoms. The predicted octanol–water partition coefficient (Wildman–Crippen LogP) is 1.84. The van der Waals surface area contributed by atoms with Crippen LogP contribution in [0.15, 0.2) is 12.1 Å². The summed E-state index contributed by atoms with van der Waals surface area (Å²) in [7, 11) is 2.16. The highest BCUT2D eigenvalue weighted by Crippen LogP contribution is 2.23. The number of aromatic nitrogens is 1. The Morgan fingerprint density at radius 1 is 1.37 bits per heavy atom. The molecule has 0 saturated carbocycles. The molecule has 0 radical (unpaired) electrons. The van der Waals surface area contributed by atoms with Gasteiger partial charge in [0, 0.05) is 31.4 Å². The number of aliphatic hydroxyl groups is 1. The van der Waals surface area contributed by atoms with Gasteiger partial charge < -0.3 is 14.9 Å². The van der Waals surface area contributed by atoms with Gasteiger partial charge in [0.05, 0.1) is 6.61 Å². The topological polar surface area (TPSA) is 39.6 Å². The number of likely N-dealkylation sites (N-methyl/N-ethyl adjacent to an activating group) is 1. The molecule has 1 N–H and O–H groups in total. The van der Waals surface area contributed by atoms with Gasteiger partial charge >= 0.3 is 0 Å². The zero-order valence-electron chi connectivity index (χ0n) is 12.4. The molecule has 1 aliphatic heterocycles. The van der Waals surface area contributed by atoms with E-state index >= 15 is 0 Å². The van der Waals surface area contributed by atoms with Crippen LogP contribution in [0.25, 0.3) is 0 Å². The lowest BCUT2D eigenvalue weighted by Gasteiger charge is -2.39. The summed E-state index contributed by atoms with van der Waals surface area (Å²) in [6.07, 6.45) is 0. The molecule has 4 nitrogen and oxygen atoms in total. The van der Waals surface area contributed by atoms with Gasteiger partial charge in [0.15, 0.2) is 0 Å². The van der Waals surface area contributed by atoms with Gasteiger partial charge in [0.2, 0.25) is 0 Å². The van der Waals surface area contributed by atoms with Crippen molar-refractivity contribution in [3.05, 3.63) is 23.4 Å². The average molecular weight is 263 g/mol. The second-order valence-corrected chi connectivity index (χ2v) is 5.88. The van der Waals surface area contributed by atoms with Crippen LogP contribution in [0.4, 0.5) is 5.82 Å². The number of hydrogen-bond acceptors (Lipinski definition) is 4. The minimum absolute atomic E-state index is 0.0807. The molecule has 1 atom stereocenters. The molecular formula is C15H25N3O. The van der Waals surface area contributed by atoms with E-state index in [1.165, 1.54) is 0 Å². The second-order valence-electron chi connectivity index (χ2n) is 5.88. The number of aliphatic hydroxyl groups excluding tert-OH is 1. The van der Waals surface area contributed by atoms with Gasteiger partial charge in [0.25, 0.3) is 0 Å². The molecule has 0 spiro atoms. The zero-order chi connectivity index (χ0) is 14.0. The van der Waals surface area contributed by atoms with Crippen molar-refractivity contribution < 1.29 is 5.11 Å². The fourth-order valence-corrected chi connectivity index (χ4v) is 2.61. The maximum Gasteiger partial charge on any atom is 0.129 e. The Morgan fingerprint density at radius 3 is 2.68 bits per heavy atom. The first-order valence-electron chi connectivity index (χ1n) is 7.08. The normalized spacial score (nSPS) is 21.2. The average Bonchev–Trinajstić information content (AvgIpc) is 2.38. The third-order valence-corrected chi connectivity index (χ3v) is 3.79. The molecule has 1 fully saturated rings. The Hall–Kier alpha value is -1.13. The highest BCUT2D eigenvalue weighted by atomic mass is 16.3. The van der Waals surface area contributed by atoms with E-state index < -0.39 is 0 Å². The van der Waals surface area contributed by atoms with Crippen LogP contribution in [0.5, 0.6) is 0 Å². The van der Waals surface area contributed by atoms with Crippen LogP contribution in [0.2, 0.25) is 0 Å². The van der Waals surface area contributed by atoms with E-state index in [0.29, 0.717) is 12.0 Å². The van der Waals surface area contributed by atoms with Gasteiger partial charge in [-0.25, -0.2) is 4.98 Å². The summed E-state index contributed by atoms with van der Waals surface area (Å²) in [5.41, 5.74) is 2.02. The number of rotatable bonds is 3.